The summed E-state index contributed by atoms with van der Waals surface area (Å²) in [4.78, 5) is 28.1. The fraction of sp³-hybridized carbons (Fsp3) is 0.235. The molecule has 0 aliphatic carbocycles. The standard InChI is InChI=1S/C17H17N5O4S2/c1-10-18-12(8-27-10)7-15-21-22-17(26-15)28-9-14(23)20-16(24)19-11-3-5-13(25-2)6-4-11/h3-6,8H,7,9H2,1-2H3,(H2,19,20,23,24). The molecule has 3 amide bonds. The highest BCUT2D eigenvalue weighted by Crippen LogP contribution is 2.18. The minimum atomic E-state index is -0.624. The first-order valence-electron chi connectivity index (χ1n) is 8.13. The number of rotatable bonds is 7. The SMILES string of the molecule is COc1ccc(NC(=O)NC(=O)CSc2nnc(Cc3csc(C)n3)o2)cc1. The van der Waals surface area contributed by atoms with Gasteiger partial charge in [0, 0.05) is 11.1 Å². The van der Waals surface area contributed by atoms with Gasteiger partial charge in [-0.25, -0.2) is 9.78 Å². The van der Waals surface area contributed by atoms with Crippen LogP contribution in [-0.2, 0) is 11.2 Å². The second-order valence-electron chi connectivity index (χ2n) is 5.52. The Morgan fingerprint density at radius 1 is 1.25 bits per heavy atom. The topological polar surface area (TPSA) is 119 Å². The minimum Gasteiger partial charge on any atom is -0.497 e. The summed E-state index contributed by atoms with van der Waals surface area (Å²) in [7, 11) is 1.55. The second-order valence-corrected chi connectivity index (χ2v) is 7.50. The highest BCUT2D eigenvalue weighted by molar-refractivity contribution is 7.99. The molecule has 2 N–H and O–H groups in total. The van der Waals surface area contributed by atoms with E-state index in [2.05, 4.69) is 25.8 Å². The van der Waals surface area contributed by atoms with Crippen molar-refractivity contribution in [2.75, 3.05) is 18.2 Å². The van der Waals surface area contributed by atoms with Crippen molar-refractivity contribution >= 4 is 40.7 Å². The van der Waals surface area contributed by atoms with Gasteiger partial charge in [-0.15, -0.1) is 21.5 Å². The monoisotopic (exact) mass is 419 g/mol. The zero-order valence-corrected chi connectivity index (χ0v) is 16.7. The van der Waals surface area contributed by atoms with Crippen molar-refractivity contribution < 1.29 is 18.7 Å². The van der Waals surface area contributed by atoms with E-state index in [0.717, 1.165) is 22.5 Å². The Kier molecular flexibility index (Phi) is 6.61. The van der Waals surface area contributed by atoms with Crippen LogP contribution in [0.4, 0.5) is 10.5 Å². The van der Waals surface area contributed by atoms with Gasteiger partial charge in [-0.3, -0.25) is 10.1 Å². The van der Waals surface area contributed by atoms with Gasteiger partial charge in [0.1, 0.15) is 5.75 Å². The van der Waals surface area contributed by atoms with E-state index >= 15 is 0 Å². The summed E-state index contributed by atoms with van der Waals surface area (Å²) in [5, 5.41) is 15.8. The molecule has 3 aromatic rings. The van der Waals surface area contributed by atoms with Gasteiger partial charge in [0.2, 0.25) is 11.8 Å². The number of carbonyl (C=O) groups excluding carboxylic acids is 2. The van der Waals surface area contributed by atoms with Crippen LogP contribution in [0.3, 0.4) is 0 Å². The maximum Gasteiger partial charge on any atom is 0.325 e. The first-order chi connectivity index (χ1) is 13.5. The van der Waals surface area contributed by atoms with Crippen LogP contribution in [-0.4, -0.2) is 40.0 Å². The van der Waals surface area contributed by atoms with E-state index in [1.807, 2.05) is 12.3 Å². The Morgan fingerprint density at radius 2 is 2.04 bits per heavy atom. The Morgan fingerprint density at radius 3 is 2.71 bits per heavy atom. The van der Waals surface area contributed by atoms with Gasteiger partial charge in [0.25, 0.3) is 5.22 Å². The molecule has 0 spiro atoms. The van der Waals surface area contributed by atoms with E-state index < -0.39 is 11.9 Å². The van der Waals surface area contributed by atoms with Gasteiger partial charge in [0.15, 0.2) is 0 Å². The fourth-order valence-corrected chi connectivity index (χ4v) is 3.33. The quantitative estimate of drug-likeness (QED) is 0.561. The third kappa shape index (κ3) is 5.79. The van der Waals surface area contributed by atoms with Gasteiger partial charge < -0.3 is 14.5 Å². The average molecular weight is 419 g/mol. The lowest BCUT2D eigenvalue weighted by Crippen LogP contribution is -2.35. The second kappa shape index (κ2) is 9.33. The lowest BCUT2D eigenvalue weighted by atomic mass is 10.3. The summed E-state index contributed by atoms with van der Waals surface area (Å²) in [6.45, 7) is 1.92. The van der Waals surface area contributed by atoms with Crippen LogP contribution in [0.2, 0.25) is 0 Å². The van der Waals surface area contributed by atoms with E-state index in [9.17, 15) is 9.59 Å². The molecule has 146 valence electrons. The van der Waals surface area contributed by atoms with Crippen LogP contribution in [0.5, 0.6) is 5.75 Å². The number of hydrogen-bond donors (Lipinski definition) is 2. The van der Waals surface area contributed by atoms with E-state index in [1.165, 1.54) is 0 Å². The molecular weight excluding hydrogens is 402 g/mol. The summed E-state index contributed by atoms with van der Waals surface area (Å²) in [5.41, 5.74) is 1.40. The van der Waals surface area contributed by atoms with Gasteiger partial charge in [-0.1, -0.05) is 11.8 Å². The van der Waals surface area contributed by atoms with Crippen molar-refractivity contribution in [1.29, 1.82) is 0 Å². The molecule has 0 aliphatic heterocycles. The van der Waals surface area contributed by atoms with Crippen molar-refractivity contribution in [3.05, 3.63) is 46.2 Å². The number of hydrogen-bond acceptors (Lipinski definition) is 9. The zero-order chi connectivity index (χ0) is 19.9. The van der Waals surface area contributed by atoms with Crippen molar-refractivity contribution in [2.24, 2.45) is 0 Å². The predicted octanol–water partition coefficient (Wildman–Crippen LogP) is 2.87. The number of aromatic nitrogens is 3. The maximum absolute atomic E-state index is 11.9. The molecular formula is C17H17N5O4S2. The zero-order valence-electron chi connectivity index (χ0n) is 15.1. The van der Waals surface area contributed by atoms with Crippen LogP contribution in [0.15, 0.2) is 39.3 Å². The summed E-state index contributed by atoms with van der Waals surface area (Å²) < 4.78 is 10.5. The largest absolute Gasteiger partial charge is 0.497 e. The van der Waals surface area contributed by atoms with Crippen LogP contribution >= 0.6 is 23.1 Å². The maximum atomic E-state index is 11.9. The summed E-state index contributed by atoms with van der Waals surface area (Å²) in [6, 6.07) is 6.12. The Balaban J connectivity index is 1.42. The average Bonchev–Trinajstić information content (AvgIpc) is 3.29. The molecule has 0 unspecified atom stereocenters. The predicted molar refractivity (Wildman–Crippen MR) is 105 cm³/mol. The number of anilines is 1. The number of methoxy groups -OCH3 is 1. The molecule has 3 rings (SSSR count). The van der Waals surface area contributed by atoms with Gasteiger partial charge in [-0.2, -0.15) is 0 Å². The van der Waals surface area contributed by atoms with Crippen molar-refractivity contribution in [3.8, 4) is 5.75 Å². The molecule has 1 aromatic carbocycles. The molecule has 2 aromatic heterocycles. The number of nitrogens with zero attached hydrogens (tertiary/aromatic N) is 3. The molecule has 11 heteroatoms. The van der Waals surface area contributed by atoms with Gasteiger partial charge in [-0.05, 0) is 31.2 Å². The van der Waals surface area contributed by atoms with E-state index in [4.69, 9.17) is 9.15 Å². The minimum absolute atomic E-state index is 0.0343. The number of ether oxygens (including phenoxy) is 1. The molecule has 0 aliphatic rings. The molecule has 0 saturated carbocycles. The number of urea groups is 1. The molecule has 0 radical (unpaired) electrons. The van der Waals surface area contributed by atoms with E-state index in [-0.39, 0.29) is 11.0 Å². The molecule has 0 atom stereocenters. The summed E-state index contributed by atoms with van der Waals surface area (Å²) in [6.07, 6.45) is 0.439. The Bertz CT molecular complexity index is 955. The summed E-state index contributed by atoms with van der Waals surface area (Å²) in [5.74, 6) is 0.576. The highest BCUT2D eigenvalue weighted by atomic mass is 32.2. The molecule has 28 heavy (non-hydrogen) atoms. The molecule has 0 fully saturated rings. The lowest BCUT2D eigenvalue weighted by Gasteiger charge is -2.06. The Labute approximate surface area is 168 Å². The van der Waals surface area contributed by atoms with E-state index in [0.29, 0.717) is 23.7 Å². The fourth-order valence-electron chi connectivity index (χ4n) is 2.14. The molecule has 0 bridgehead atoms. The summed E-state index contributed by atoms with van der Waals surface area (Å²) >= 11 is 2.60. The number of benzene rings is 1. The van der Waals surface area contributed by atoms with Crippen LogP contribution in [0.25, 0.3) is 0 Å². The highest BCUT2D eigenvalue weighted by Gasteiger charge is 2.13. The van der Waals surface area contributed by atoms with Crippen LogP contribution < -0.4 is 15.4 Å². The Hall–Kier alpha value is -2.92. The number of thioether (sulfide) groups is 1. The number of aryl methyl sites for hydroxylation is 1. The number of nitrogens with one attached hydrogen (secondary N) is 2. The third-order valence-electron chi connectivity index (χ3n) is 3.37. The third-order valence-corrected chi connectivity index (χ3v) is 5.02. The van der Waals surface area contributed by atoms with Crippen molar-refractivity contribution in [3.63, 3.8) is 0 Å². The molecule has 9 nitrogen and oxygen atoms in total. The number of carbonyl (C=O) groups is 2. The van der Waals surface area contributed by atoms with Crippen molar-refractivity contribution in [1.82, 2.24) is 20.5 Å². The lowest BCUT2D eigenvalue weighted by molar-refractivity contribution is -0.117. The van der Waals surface area contributed by atoms with Crippen LogP contribution in [0.1, 0.15) is 16.6 Å². The molecule has 0 saturated heterocycles. The van der Waals surface area contributed by atoms with Gasteiger partial charge in [0.05, 0.1) is 30.0 Å². The number of amides is 3. The van der Waals surface area contributed by atoms with Gasteiger partial charge >= 0.3 is 6.03 Å². The normalized spacial score (nSPS) is 10.5. The smallest absolute Gasteiger partial charge is 0.325 e. The first-order valence-corrected chi connectivity index (χ1v) is 9.99. The molecule has 2 heterocycles. The van der Waals surface area contributed by atoms with Crippen molar-refractivity contribution in [2.45, 2.75) is 18.6 Å². The number of thiazole rings is 1. The van der Waals surface area contributed by atoms with E-state index in [1.54, 1.807) is 42.7 Å². The van der Waals surface area contributed by atoms with Crippen LogP contribution in [0, 0.1) is 6.92 Å². The first kappa shape index (κ1) is 19.8. The number of imide groups is 1.